The van der Waals surface area contributed by atoms with Crippen LogP contribution in [0.4, 0.5) is 16.2 Å². The lowest BCUT2D eigenvalue weighted by molar-refractivity contribution is 0.0201. The van der Waals surface area contributed by atoms with Gasteiger partial charge in [-0.15, -0.1) is 0 Å². The number of nitrogen functional groups attached to an aromatic ring is 1. The third kappa shape index (κ3) is 6.60. The minimum atomic E-state index is -0.647. The SMILES string of the molecule is Cc1c(N)cccc1-c1cccc(NC(=O)c2ccc(CN(CCO)C(=O)OC(C)(C)C)cn2)c1C. The first-order chi connectivity index (χ1) is 17.0. The Kier molecular flexibility index (Phi) is 8.32. The summed E-state index contributed by atoms with van der Waals surface area (Å²) in [6, 6.07) is 14.9. The van der Waals surface area contributed by atoms with E-state index < -0.39 is 11.7 Å². The van der Waals surface area contributed by atoms with Gasteiger partial charge in [0.15, 0.2) is 0 Å². The lowest BCUT2D eigenvalue weighted by atomic mass is 9.95. The highest BCUT2D eigenvalue weighted by molar-refractivity contribution is 6.03. The average Bonchev–Trinajstić information content (AvgIpc) is 2.81. The molecule has 1 heterocycles. The molecule has 2 aromatic carbocycles. The Morgan fingerprint density at radius 3 is 2.31 bits per heavy atom. The molecule has 4 N–H and O–H groups in total. The van der Waals surface area contributed by atoms with Crippen LogP contribution in [0.3, 0.4) is 0 Å². The van der Waals surface area contributed by atoms with Gasteiger partial charge in [-0.1, -0.05) is 30.3 Å². The van der Waals surface area contributed by atoms with Gasteiger partial charge in [-0.25, -0.2) is 4.79 Å². The Balaban J connectivity index is 1.74. The van der Waals surface area contributed by atoms with Crippen LogP contribution < -0.4 is 11.1 Å². The van der Waals surface area contributed by atoms with Crippen molar-refractivity contribution in [3.05, 3.63) is 77.1 Å². The number of benzene rings is 2. The average molecular weight is 491 g/mol. The van der Waals surface area contributed by atoms with Gasteiger partial charge < -0.3 is 25.8 Å². The third-order valence-corrected chi connectivity index (χ3v) is 5.70. The van der Waals surface area contributed by atoms with Crippen LogP contribution in [0.2, 0.25) is 0 Å². The number of nitrogens with one attached hydrogen (secondary N) is 1. The van der Waals surface area contributed by atoms with Crippen molar-refractivity contribution >= 4 is 23.4 Å². The molecule has 0 unspecified atom stereocenters. The largest absolute Gasteiger partial charge is 0.444 e. The van der Waals surface area contributed by atoms with Crippen LogP contribution in [0.15, 0.2) is 54.7 Å². The molecule has 0 saturated carbocycles. The Hall–Kier alpha value is -3.91. The molecule has 1 aromatic heterocycles. The van der Waals surface area contributed by atoms with Crippen LogP contribution in [-0.4, -0.2) is 45.7 Å². The molecule has 0 bridgehead atoms. The van der Waals surface area contributed by atoms with E-state index in [4.69, 9.17) is 10.5 Å². The second-order valence-electron chi connectivity index (χ2n) is 9.63. The Labute approximate surface area is 212 Å². The van der Waals surface area contributed by atoms with Crippen LogP contribution in [0, 0.1) is 13.8 Å². The van der Waals surface area contributed by atoms with E-state index in [-0.39, 0.29) is 31.3 Å². The Morgan fingerprint density at radius 2 is 1.69 bits per heavy atom. The Morgan fingerprint density at radius 1 is 1.03 bits per heavy atom. The fourth-order valence-electron chi connectivity index (χ4n) is 3.75. The molecule has 8 nitrogen and oxygen atoms in total. The Bertz CT molecular complexity index is 1230. The van der Waals surface area contributed by atoms with Gasteiger partial charge in [-0.05, 0) is 80.6 Å². The molecule has 36 heavy (non-hydrogen) atoms. The molecule has 190 valence electrons. The van der Waals surface area contributed by atoms with Crippen molar-refractivity contribution in [1.82, 2.24) is 9.88 Å². The van der Waals surface area contributed by atoms with Crippen molar-refractivity contribution in [2.75, 3.05) is 24.2 Å². The normalized spacial score (nSPS) is 11.2. The summed E-state index contributed by atoms with van der Waals surface area (Å²) in [7, 11) is 0. The molecule has 0 saturated heterocycles. The number of amides is 2. The maximum absolute atomic E-state index is 12.9. The van der Waals surface area contributed by atoms with Gasteiger partial charge in [0.05, 0.1) is 13.2 Å². The van der Waals surface area contributed by atoms with Crippen molar-refractivity contribution in [3.8, 4) is 11.1 Å². The number of nitrogens with two attached hydrogens (primary N) is 1. The summed E-state index contributed by atoms with van der Waals surface area (Å²) in [6.07, 6.45) is 1.02. The van der Waals surface area contributed by atoms with Gasteiger partial charge in [-0.3, -0.25) is 9.78 Å². The molecule has 0 atom stereocenters. The summed E-state index contributed by atoms with van der Waals surface area (Å²) in [4.78, 5) is 31.0. The van der Waals surface area contributed by atoms with Crippen LogP contribution in [-0.2, 0) is 11.3 Å². The molecule has 0 radical (unpaired) electrons. The highest BCUT2D eigenvalue weighted by atomic mass is 16.6. The van der Waals surface area contributed by atoms with E-state index in [0.717, 1.165) is 27.9 Å². The molecule has 0 aliphatic rings. The molecule has 2 amide bonds. The number of nitrogens with zero attached hydrogens (tertiary/aromatic N) is 2. The zero-order valence-electron chi connectivity index (χ0n) is 21.5. The standard InChI is InChI=1S/C28H34N4O4/c1-18-21(8-6-10-23(18)29)22-9-7-11-24(19(22)2)31-26(34)25-13-12-20(16-30-25)17-32(14-15-33)27(35)36-28(3,4)5/h6-13,16,33H,14-15,17,29H2,1-5H3,(H,31,34). The summed E-state index contributed by atoms with van der Waals surface area (Å²) >= 11 is 0. The summed E-state index contributed by atoms with van der Waals surface area (Å²) in [5.41, 5.74) is 11.7. The van der Waals surface area contributed by atoms with Crippen molar-refractivity contribution in [2.45, 2.75) is 46.8 Å². The molecular formula is C28H34N4O4. The van der Waals surface area contributed by atoms with Crippen molar-refractivity contribution < 1.29 is 19.4 Å². The predicted octanol–water partition coefficient (Wildman–Crippen LogP) is 4.93. The first-order valence-corrected chi connectivity index (χ1v) is 11.8. The number of carbonyl (C=O) groups excluding carboxylic acids is 2. The van der Waals surface area contributed by atoms with Crippen molar-refractivity contribution in [3.63, 3.8) is 0 Å². The van der Waals surface area contributed by atoms with Crippen molar-refractivity contribution in [2.24, 2.45) is 0 Å². The second-order valence-corrected chi connectivity index (χ2v) is 9.63. The molecule has 0 aliphatic heterocycles. The maximum atomic E-state index is 12.9. The van der Waals surface area contributed by atoms with Gasteiger partial charge in [0.1, 0.15) is 11.3 Å². The number of aliphatic hydroxyl groups excluding tert-OH is 1. The van der Waals surface area contributed by atoms with E-state index in [2.05, 4.69) is 10.3 Å². The fourth-order valence-corrected chi connectivity index (χ4v) is 3.75. The van der Waals surface area contributed by atoms with E-state index in [1.807, 2.05) is 50.2 Å². The number of rotatable bonds is 7. The summed E-state index contributed by atoms with van der Waals surface area (Å²) in [5, 5.41) is 12.3. The highest BCUT2D eigenvalue weighted by Crippen LogP contribution is 2.33. The van der Waals surface area contributed by atoms with Gasteiger partial charge in [-0.2, -0.15) is 0 Å². The number of carbonyl (C=O) groups is 2. The quantitative estimate of drug-likeness (QED) is 0.404. The van der Waals surface area contributed by atoms with Crippen LogP contribution in [0.1, 0.15) is 48.0 Å². The summed E-state index contributed by atoms with van der Waals surface area (Å²) in [5.74, 6) is -0.342. The van der Waals surface area contributed by atoms with E-state index in [1.54, 1.807) is 39.1 Å². The van der Waals surface area contributed by atoms with Gasteiger partial charge in [0, 0.05) is 24.1 Å². The number of aromatic nitrogens is 1. The molecule has 0 fully saturated rings. The van der Waals surface area contributed by atoms with Gasteiger partial charge >= 0.3 is 6.09 Å². The highest BCUT2D eigenvalue weighted by Gasteiger charge is 2.22. The fraction of sp³-hybridized carbons (Fsp3) is 0.321. The summed E-state index contributed by atoms with van der Waals surface area (Å²) in [6.45, 7) is 9.41. The van der Waals surface area contributed by atoms with E-state index in [0.29, 0.717) is 11.3 Å². The first kappa shape index (κ1) is 26.7. The smallest absolute Gasteiger partial charge is 0.410 e. The van der Waals surface area contributed by atoms with Crippen LogP contribution in [0.5, 0.6) is 0 Å². The molecule has 0 aliphatic carbocycles. The third-order valence-electron chi connectivity index (χ3n) is 5.70. The zero-order chi connectivity index (χ0) is 26.5. The number of anilines is 2. The molecule has 3 aromatic rings. The topological polar surface area (TPSA) is 118 Å². The minimum absolute atomic E-state index is 0.124. The lowest BCUT2D eigenvalue weighted by Crippen LogP contribution is -2.38. The van der Waals surface area contributed by atoms with Crippen LogP contribution >= 0.6 is 0 Å². The van der Waals surface area contributed by atoms with Crippen molar-refractivity contribution in [1.29, 1.82) is 0 Å². The summed E-state index contributed by atoms with van der Waals surface area (Å²) < 4.78 is 5.40. The molecule has 8 heteroatoms. The predicted molar refractivity (Wildman–Crippen MR) is 142 cm³/mol. The maximum Gasteiger partial charge on any atom is 0.410 e. The van der Waals surface area contributed by atoms with Crippen LogP contribution in [0.25, 0.3) is 11.1 Å². The lowest BCUT2D eigenvalue weighted by Gasteiger charge is -2.27. The van der Waals surface area contributed by atoms with Gasteiger partial charge in [0.25, 0.3) is 5.91 Å². The van der Waals surface area contributed by atoms with Gasteiger partial charge in [0.2, 0.25) is 0 Å². The molecular weight excluding hydrogens is 456 g/mol. The zero-order valence-corrected chi connectivity index (χ0v) is 21.5. The van der Waals surface area contributed by atoms with E-state index in [9.17, 15) is 14.7 Å². The number of aliphatic hydroxyl groups is 1. The molecule has 0 spiro atoms. The van der Waals surface area contributed by atoms with E-state index >= 15 is 0 Å². The minimum Gasteiger partial charge on any atom is -0.444 e. The van der Waals surface area contributed by atoms with E-state index in [1.165, 1.54) is 4.90 Å². The molecule has 3 rings (SSSR count). The number of hydrogen-bond donors (Lipinski definition) is 3. The second kappa shape index (κ2) is 11.2. The first-order valence-electron chi connectivity index (χ1n) is 11.8. The monoisotopic (exact) mass is 490 g/mol. The number of ether oxygens (including phenoxy) is 1. The number of hydrogen-bond acceptors (Lipinski definition) is 6. The number of pyridine rings is 1.